The van der Waals surface area contributed by atoms with Crippen LogP contribution < -0.4 is 10.6 Å². The number of para-hydroxylation sites is 1. The second kappa shape index (κ2) is 11.9. The lowest BCUT2D eigenvalue weighted by Gasteiger charge is -2.17. The Morgan fingerprint density at radius 3 is 2.50 bits per heavy atom. The molecule has 0 unspecified atom stereocenters. The Morgan fingerprint density at radius 2 is 1.76 bits per heavy atom. The smallest absolute Gasteiger partial charge is 0.234 e. The molecule has 0 aliphatic carbocycles. The Balaban J connectivity index is 1.29. The van der Waals surface area contributed by atoms with Gasteiger partial charge in [0.25, 0.3) is 0 Å². The van der Waals surface area contributed by atoms with E-state index in [4.69, 9.17) is 35.4 Å². The summed E-state index contributed by atoms with van der Waals surface area (Å²) < 4.78 is 2.47. The van der Waals surface area contributed by atoms with E-state index in [1.165, 1.54) is 34.9 Å². The van der Waals surface area contributed by atoms with Crippen molar-refractivity contribution in [3.05, 3.63) is 46.4 Å². The fourth-order valence-corrected chi connectivity index (χ4v) is 6.73. The van der Waals surface area contributed by atoms with E-state index in [1.54, 1.807) is 18.2 Å². The van der Waals surface area contributed by atoms with E-state index in [0.29, 0.717) is 21.4 Å². The molecule has 2 N–H and O–H groups in total. The number of thioether (sulfide) groups is 2. The Hall–Kier alpha value is -1.56. The molecule has 1 saturated heterocycles. The molecule has 178 valence electrons. The standard InChI is InChI=1S/C22H20Cl2N4O2S4/c23-14-4-3-5-15(24)20(14)27-19(30)11-32-21-26-16-7-6-13(10-17(16)34-21)25-18(29)12-33-22(31)28-8-1-2-9-28/h3-7,10H,1-2,8-9,11-12H2,(H,25,29)(H,27,30). The maximum absolute atomic E-state index is 12.4. The lowest BCUT2D eigenvalue weighted by molar-refractivity contribution is -0.114. The van der Waals surface area contributed by atoms with E-state index in [0.717, 1.165) is 44.8 Å². The van der Waals surface area contributed by atoms with Crippen molar-refractivity contribution in [3.63, 3.8) is 0 Å². The van der Waals surface area contributed by atoms with Crippen molar-refractivity contribution < 1.29 is 9.59 Å². The molecule has 3 aromatic rings. The summed E-state index contributed by atoms with van der Waals surface area (Å²) in [7, 11) is 0. The summed E-state index contributed by atoms with van der Waals surface area (Å²) in [5, 5.41) is 6.44. The number of amides is 2. The molecule has 0 spiro atoms. The number of thiocarbonyl (C=S) groups is 1. The van der Waals surface area contributed by atoms with Gasteiger partial charge in [-0.3, -0.25) is 9.59 Å². The van der Waals surface area contributed by atoms with Crippen LogP contribution in [0, 0.1) is 0 Å². The minimum atomic E-state index is -0.225. The predicted octanol–water partition coefficient (Wildman–Crippen LogP) is 6.39. The third-order valence-electron chi connectivity index (χ3n) is 4.90. The zero-order valence-corrected chi connectivity index (χ0v) is 22.6. The van der Waals surface area contributed by atoms with E-state index >= 15 is 0 Å². The number of aromatic nitrogens is 1. The summed E-state index contributed by atoms with van der Waals surface area (Å²) in [4.78, 5) is 31.4. The molecule has 0 bridgehead atoms. The van der Waals surface area contributed by atoms with Crippen molar-refractivity contribution in [1.82, 2.24) is 9.88 Å². The second-order valence-electron chi connectivity index (χ2n) is 7.39. The number of likely N-dealkylation sites (tertiary alicyclic amines) is 1. The molecule has 0 saturated carbocycles. The summed E-state index contributed by atoms with van der Waals surface area (Å²) in [5.74, 6) is 0.123. The van der Waals surface area contributed by atoms with Crippen molar-refractivity contribution >= 4 is 108 Å². The Bertz CT molecular complexity index is 1210. The summed E-state index contributed by atoms with van der Waals surface area (Å²) in [6.45, 7) is 1.95. The van der Waals surface area contributed by atoms with Crippen LogP contribution in [0.25, 0.3) is 10.2 Å². The van der Waals surface area contributed by atoms with E-state index in [9.17, 15) is 9.59 Å². The van der Waals surface area contributed by atoms with Gasteiger partial charge < -0.3 is 15.5 Å². The van der Waals surface area contributed by atoms with Crippen LogP contribution in [-0.2, 0) is 9.59 Å². The number of fused-ring (bicyclic) bond motifs is 1. The van der Waals surface area contributed by atoms with Crippen molar-refractivity contribution in [1.29, 1.82) is 0 Å². The van der Waals surface area contributed by atoms with Crippen molar-refractivity contribution in [2.45, 2.75) is 17.2 Å². The van der Waals surface area contributed by atoms with Gasteiger partial charge in [0.05, 0.1) is 37.5 Å². The van der Waals surface area contributed by atoms with Gasteiger partial charge in [-0.15, -0.1) is 11.3 Å². The average molecular weight is 572 g/mol. The molecule has 2 heterocycles. The van der Waals surface area contributed by atoms with Crippen LogP contribution in [-0.4, -0.2) is 50.6 Å². The predicted molar refractivity (Wildman–Crippen MR) is 150 cm³/mol. The molecule has 6 nitrogen and oxygen atoms in total. The first-order valence-electron chi connectivity index (χ1n) is 10.4. The number of nitrogens with zero attached hydrogens (tertiary/aromatic N) is 2. The normalized spacial score (nSPS) is 13.3. The number of rotatable bonds is 7. The highest BCUT2D eigenvalue weighted by atomic mass is 35.5. The number of benzene rings is 2. The molecule has 1 fully saturated rings. The van der Waals surface area contributed by atoms with Gasteiger partial charge in [0.1, 0.15) is 4.32 Å². The van der Waals surface area contributed by atoms with Gasteiger partial charge in [0, 0.05) is 18.8 Å². The number of carbonyl (C=O) groups is 2. The number of halogens is 2. The number of thiazole rings is 1. The van der Waals surface area contributed by atoms with Crippen LogP contribution in [0.3, 0.4) is 0 Å². The molecule has 0 radical (unpaired) electrons. The van der Waals surface area contributed by atoms with Crippen molar-refractivity contribution in [2.75, 3.05) is 35.2 Å². The first-order valence-corrected chi connectivity index (χ1v) is 14.3. The molecule has 1 aliphatic heterocycles. The first kappa shape index (κ1) is 25.5. The van der Waals surface area contributed by atoms with Gasteiger partial charge in [0.15, 0.2) is 4.34 Å². The van der Waals surface area contributed by atoms with Crippen LogP contribution >= 0.6 is 70.3 Å². The molecule has 1 aliphatic rings. The first-order chi connectivity index (χ1) is 16.4. The summed E-state index contributed by atoms with van der Waals surface area (Å²) in [6, 6.07) is 10.6. The molecule has 0 atom stereocenters. The van der Waals surface area contributed by atoms with Crippen molar-refractivity contribution in [3.8, 4) is 0 Å². The van der Waals surface area contributed by atoms with E-state index < -0.39 is 0 Å². The minimum absolute atomic E-state index is 0.0973. The Labute approximate surface area is 225 Å². The summed E-state index contributed by atoms with van der Waals surface area (Å²) in [6.07, 6.45) is 2.31. The number of nitrogens with one attached hydrogen (secondary N) is 2. The Kier molecular flexibility index (Phi) is 8.95. The molecular weight excluding hydrogens is 551 g/mol. The summed E-state index contributed by atoms with van der Waals surface area (Å²) >= 11 is 21.8. The number of hydrogen-bond donors (Lipinski definition) is 2. The van der Waals surface area contributed by atoms with Gasteiger partial charge in [-0.2, -0.15) is 0 Å². The van der Waals surface area contributed by atoms with Crippen LogP contribution in [0.1, 0.15) is 12.8 Å². The van der Waals surface area contributed by atoms with Crippen LogP contribution in [0.2, 0.25) is 10.0 Å². The highest BCUT2D eigenvalue weighted by molar-refractivity contribution is 8.23. The van der Waals surface area contributed by atoms with Gasteiger partial charge in [-0.25, -0.2) is 4.98 Å². The second-order valence-corrected chi connectivity index (χ2v) is 12.1. The lowest BCUT2D eigenvalue weighted by Crippen LogP contribution is -2.25. The van der Waals surface area contributed by atoms with E-state index in [-0.39, 0.29) is 23.3 Å². The highest BCUT2D eigenvalue weighted by Gasteiger charge is 2.17. The lowest BCUT2D eigenvalue weighted by atomic mass is 10.3. The topological polar surface area (TPSA) is 74.3 Å². The molecule has 2 amide bonds. The molecule has 12 heteroatoms. The quantitative estimate of drug-likeness (QED) is 0.252. The molecule has 1 aromatic heterocycles. The monoisotopic (exact) mass is 570 g/mol. The van der Waals surface area contributed by atoms with Gasteiger partial charge in [-0.05, 0) is 43.2 Å². The third-order valence-corrected chi connectivity index (χ3v) is 9.21. The molecule has 2 aromatic carbocycles. The average Bonchev–Trinajstić information content (AvgIpc) is 3.48. The zero-order valence-electron chi connectivity index (χ0n) is 17.8. The number of hydrogen-bond acceptors (Lipinski definition) is 7. The molecule has 34 heavy (non-hydrogen) atoms. The van der Waals surface area contributed by atoms with Crippen LogP contribution in [0.4, 0.5) is 11.4 Å². The van der Waals surface area contributed by atoms with Crippen LogP contribution in [0.15, 0.2) is 40.7 Å². The van der Waals surface area contributed by atoms with E-state index in [1.807, 2.05) is 18.2 Å². The van der Waals surface area contributed by atoms with Gasteiger partial charge in [-0.1, -0.05) is 65.0 Å². The highest BCUT2D eigenvalue weighted by Crippen LogP contribution is 2.33. The number of carbonyl (C=O) groups excluding carboxylic acids is 2. The third kappa shape index (κ3) is 6.77. The Morgan fingerprint density at radius 1 is 1.06 bits per heavy atom. The molecule has 4 rings (SSSR count). The summed E-state index contributed by atoms with van der Waals surface area (Å²) in [5.41, 5.74) is 1.92. The fraction of sp³-hybridized carbons (Fsp3) is 0.273. The SMILES string of the molecule is O=C(CSC(=S)N1CCCC1)Nc1ccc2nc(SCC(=O)Nc3c(Cl)cccc3Cl)sc2c1. The maximum atomic E-state index is 12.4. The maximum Gasteiger partial charge on any atom is 0.234 e. The zero-order chi connectivity index (χ0) is 24.1. The van der Waals surface area contributed by atoms with Gasteiger partial charge in [0.2, 0.25) is 11.8 Å². The number of anilines is 2. The molecular formula is C22H20Cl2N4O2S4. The fourth-order valence-electron chi connectivity index (χ4n) is 3.28. The minimum Gasteiger partial charge on any atom is -0.358 e. The largest absolute Gasteiger partial charge is 0.358 e. The van der Waals surface area contributed by atoms with Gasteiger partial charge >= 0.3 is 0 Å². The van der Waals surface area contributed by atoms with Crippen LogP contribution in [0.5, 0.6) is 0 Å². The van der Waals surface area contributed by atoms with Crippen molar-refractivity contribution in [2.24, 2.45) is 0 Å². The van der Waals surface area contributed by atoms with E-state index in [2.05, 4.69) is 20.5 Å².